The van der Waals surface area contributed by atoms with Crippen LogP contribution in [-0.2, 0) is 6.42 Å². The summed E-state index contributed by atoms with van der Waals surface area (Å²) in [5, 5.41) is 0.703. The zero-order valence-corrected chi connectivity index (χ0v) is 12.2. The quantitative estimate of drug-likeness (QED) is 0.791. The maximum atomic E-state index is 12.9. The van der Waals surface area contributed by atoms with Crippen molar-refractivity contribution in [3.05, 3.63) is 39.9 Å². The van der Waals surface area contributed by atoms with Gasteiger partial charge in [-0.1, -0.05) is 24.8 Å². The van der Waals surface area contributed by atoms with Crippen LogP contribution in [0.5, 0.6) is 0 Å². The standard InChI is InChI=1S/C18H18N2O/c1-2-16-19-15-5-3-4-13(9-8-12-6-7-12)17(15)18(21)20(16)14-10-11-14/h3-5,12,14H,2,6-7,10-11H2,1H3. The van der Waals surface area contributed by atoms with Crippen molar-refractivity contribution in [3.8, 4) is 11.8 Å². The molecule has 0 N–H and O–H groups in total. The number of rotatable bonds is 2. The third kappa shape index (κ3) is 2.25. The van der Waals surface area contributed by atoms with E-state index in [9.17, 15) is 4.79 Å². The maximum Gasteiger partial charge on any atom is 0.262 e. The predicted molar refractivity (Wildman–Crippen MR) is 83.3 cm³/mol. The molecule has 0 bridgehead atoms. The lowest BCUT2D eigenvalue weighted by atomic mass is 10.1. The molecule has 0 unspecified atom stereocenters. The first-order chi connectivity index (χ1) is 10.3. The molecule has 2 fully saturated rings. The third-order valence-electron chi connectivity index (χ3n) is 4.22. The van der Waals surface area contributed by atoms with Crippen LogP contribution in [0.25, 0.3) is 10.9 Å². The van der Waals surface area contributed by atoms with E-state index in [0.717, 1.165) is 36.2 Å². The molecule has 4 rings (SSSR count). The van der Waals surface area contributed by atoms with Crippen LogP contribution in [0.4, 0.5) is 0 Å². The van der Waals surface area contributed by atoms with Gasteiger partial charge < -0.3 is 0 Å². The maximum absolute atomic E-state index is 12.9. The molecule has 0 atom stereocenters. The minimum atomic E-state index is 0.0973. The number of benzene rings is 1. The summed E-state index contributed by atoms with van der Waals surface area (Å²) in [6.07, 6.45) is 5.37. The number of nitrogens with zero attached hydrogens (tertiary/aromatic N) is 2. The van der Waals surface area contributed by atoms with Crippen molar-refractivity contribution >= 4 is 10.9 Å². The summed E-state index contributed by atoms with van der Waals surface area (Å²) in [6, 6.07) is 6.18. The Morgan fingerprint density at radius 2 is 2.10 bits per heavy atom. The van der Waals surface area contributed by atoms with Gasteiger partial charge in [0.05, 0.1) is 10.9 Å². The fraction of sp³-hybridized carbons (Fsp3) is 0.444. The second-order valence-electron chi connectivity index (χ2n) is 6.03. The van der Waals surface area contributed by atoms with E-state index in [0.29, 0.717) is 17.3 Å². The topological polar surface area (TPSA) is 34.9 Å². The molecule has 0 saturated heterocycles. The number of hydrogen-bond donors (Lipinski definition) is 0. The molecule has 0 aliphatic heterocycles. The van der Waals surface area contributed by atoms with E-state index in [4.69, 9.17) is 4.98 Å². The number of hydrogen-bond acceptors (Lipinski definition) is 2. The Bertz CT molecular complexity index is 830. The molecule has 1 aromatic heterocycles. The molecule has 1 aromatic carbocycles. The van der Waals surface area contributed by atoms with Crippen LogP contribution in [0.1, 0.15) is 50.0 Å². The van der Waals surface area contributed by atoms with Gasteiger partial charge in [-0.15, -0.1) is 0 Å². The van der Waals surface area contributed by atoms with Crippen molar-refractivity contribution in [2.45, 2.75) is 45.1 Å². The normalized spacial score (nSPS) is 17.6. The molecule has 1 heterocycles. The Balaban J connectivity index is 1.98. The molecule has 0 radical (unpaired) electrons. The molecule has 2 aliphatic carbocycles. The molecular weight excluding hydrogens is 260 g/mol. The molecule has 0 spiro atoms. The van der Waals surface area contributed by atoms with Crippen LogP contribution < -0.4 is 5.56 Å². The molecule has 21 heavy (non-hydrogen) atoms. The summed E-state index contributed by atoms with van der Waals surface area (Å²) in [5.41, 5.74) is 1.73. The SMILES string of the molecule is CCc1nc2cccc(C#CC3CC3)c2c(=O)n1C1CC1. The summed E-state index contributed by atoms with van der Waals surface area (Å²) >= 11 is 0. The van der Waals surface area contributed by atoms with E-state index in [-0.39, 0.29) is 5.56 Å². The van der Waals surface area contributed by atoms with Crippen LogP contribution in [-0.4, -0.2) is 9.55 Å². The van der Waals surface area contributed by atoms with E-state index in [1.54, 1.807) is 0 Å². The highest BCUT2D eigenvalue weighted by molar-refractivity contribution is 5.84. The first-order valence-corrected chi connectivity index (χ1v) is 7.83. The van der Waals surface area contributed by atoms with Gasteiger partial charge in [-0.2, -0.15) is 0 Å². The predicted octanol–water partition coefficient (Wildman–Crippen LogP) is 3.06. The van der Waals surface area contributed by atoms with Gasteiger partial charge in [0.15, 0.2) is 0 Å². The van der Waals surface area contributed by atoms with Crippen LogP contribution in [0, 0.1) is 17.8 Å². The van der Waals surface area contributed by atoms with Crippen LogP contribution >= 0.6 is 0 Å². The van der Waals surface area contributed by atoms with E-state index >= 15 is 0 Å². The van der Waals surface area contributed by atoms with Gasteiger partial charge in [0.25, 0.3) is 5.56 Å². The number of aryl methyl sites for hydroxylation is 1. The van der Waals surface area contributed by atoms with Gasteiger partial charge in [0.1, 0.15) is 5.82 Å². The van der Waals surface area contributed by atoms with Gasteiger partial charge in [0.2, 0.25) is 0 Å². The lowest BCUT2D eigenvalue weighted by Gasteiger charge is -2.12. The van der Waals surface area contributed by atoms with Gasteiger partial charge >= 0.3 is 0 Å². The average molecular weight is 278 g/mol. The summed E-state index contributed by atoms with van der Waals surface area (Å²) in [4.78, 5) is 17.6. The number of aromatic nitrogens is 2. The Kier molecular flexibility index (Phi) is 2.85. The zero-order valence-electron chi connectivity index (χ0n) is 12.2. The first-order valence-electron chi connectivity index (χ1n) is 7.83. The Morgan fingerprint density at radius 1 is 1.29 bits per heavy atom. The van der Waals surface area contributed by atoms with Crippen LogP contribution in [0.2, 0.25) is 0 Å². The molecule has 2 aliphatic rings. The summed E-state index contributed by atoms with van der Waals surface area (Å²) < 4.78 is 1.91. The molecule has 106 valence electrons. The van der Waals surface area contributed by atoms with Crippen molar-refractivity contribution in [1.82, 2.24) is 9.55 Å². The molecule has 0 amide bonds. The summed E-state index contributed by atoms with van der Waals surface area (Å²) in [5.74, 6) is 7.91. The largest absolute Gasteiger partial charge is 0.293 e. The Morgan fingerprint density at radius 3 is 2.76 bits per heavy atom. The fourth-order valence-electron chi connectivity index (χ4n) is 2.76. The minimum Gasteiger partial charge on any atom is -0.293 e. The average Bonchev–Trinajstić information content (AvgIpc) is 3.37. The van der Waals surface area contributed by atoms with Gasteiger partial charge in [0, 0.05) is 23.9 Å². The summed E-state index contributed by atoms with van der Waals surface area (Å²) in [7, 11) is 0. The molecule has 3 nitrogen and oxygen atoms in total. The van der Waals surface area contributed by atoms with Crippen molar-refractivity contribution in [3.63, 3.8) is 0 Å². The molecule has 2 aromatic rings. The monoisotopic (exact) mass is 278 g/mol. The van der Waals surface area contributed by atoms with Crippen molar-refractivity contribution in [2.75, 3.05) is 0 Å². The van der Waals surface area contributed by atoms with Gasteiger partial charge in [-0.25, -0.2) is 4.98 Å². The van der Waals surface area contributed by atoms with Crippen molar-refractivity contribution in [1.29, 1.82) is 0 Å². The van der Waals surface area contributed by atoms with Crippen LogP contribution in [0.15, 0.2) is 23.0 Å². The van der Waals surface area contributed by atoms with Crippen LogP contribution in [0.3, 0.4) is 0 Å². The van der Waals surface area contributed by atoms with Gasteiger partial charge in [-0.05, 0) is 37.8 Å². The van der Waals surface area contributed by atoms with Crippen molar-refractivity contribution < 1.29 is 0 Å². The second kappa shape index (κ2) is 4.73. The molecule has 3 heteroatoms. The van der Waals surface area contributed by atoms with E-state index in [2.05, 4.69) is 18.8 Å². The molecule has 2 saturated carbocycles. The lowest BCUT2D eigenvalue weighted by molar-refractivity contribution is 0.646. The first kappa shape index (κ1) is 12.6. The minimum absolute atomic E-state index is 0.0973. The smallest absolute Gasteiger partial charge is 0.262 e. The second-order valence-corrected chi connectivity index (χ2v) is 6.03. The van der Waals surface area contributed by atoms with Gasteiger partial charge in [-0.3, -0.25) is 9.36 Å². The highest BCUT2D eigenvalue weighted by atomic mass is 16.1. The number of fused-ring (bicyclic) bond motifs is 1. The fourth-order valence-corrected chi connectivity index (χ4v) is 2.76. The van der Waals surface area contributed by atoms with Crippen molar-refractivity contribution in [2.24, 2.45) is 5.92 Å². The molecular formula is C18H18N2O. The van der Waals surface area contributed by atoms with E-state index in [1.165, 1.54) is 12.8 Å². The lowest BCUT2D eigenvalue weighted by Crippen LogP contribution is -2.25. The van der Waals surface area contributed by atoms with E-state index in [1.807, 2.05) is 22.8 Å². The third-order valence-corrected chi connectivity index (χ3v) is 4.22. The zero-order chi connectivity index (χ0) is 14.4. The highest BCUT2D eigenvalue weighted by Crippen LogP contribution is 2.35. The Hall–Kier alpha value is -2.08. The van der Waals surface area contributed by atoms with E-state index < -0.39 is 0 Å². The summed E-state index contributed by atoms with van der Waals surface area (Å²) in [6.45, 7) is 2.06. The Labute approximate surface area is 124 Å². The highest BCUT2D eigenvalue weighted by Gasteiger charge is 2.28.